The lowest BCUT2D eigenvalue weighted by Gasteiger charge is -2.29. The Hall–Kier alpha value is -0.840. The molecule has 0 aromatic carbocycles. The summed E-state index contributed by atoms with van der Waals surface area (Å²) < 4.78 is 5.11. The minimum atomic E-state index is -0.635. The molecular weight excluding hydrogens is 206 g/mol. The predicted molar refractivity (Wildman–Crippen MR) is 59.9 cm³/mol. The highest BCUT2D eigenvalue weighted by Crippen LogP contribution is 2.19. The van der Waals surface area contributed by atoms with Gasteiger partial charge in [-0.05, 0) is 25.0 Å². The van der Waals surface area contributed by atoms with Gasteiger partial charge in [0.2, 0.25) is 0 Å². The molecule has 0 bridgehead atoms. The minimum absolute atomic E-state index is 0.110. The summed E-state index contributed by atoms with van der Waals surface area (Å²) in [6.45, 7) is 0.426. The van der Waals surface area contributed by atoms with E-state index in [4.69, 9.17) is 4.42 Å². The molecule has 1 aliphatic carbocycles. The van der Waals surface area contributed by atoms with Crippen molar-refractivity contribution in [2.75, 3.05) is 6.54 Å². The minimum Gasteiger partial charge on any atom is -0.467 e. The monoisotopic (exact) mass is 225 g/mol. The molecule has 3 unspecified atom stereocenters. The molecule has 4 nitrogen and oxygen atoms in total. The topological polar surface area (TPSA) is 65.6 Å². The van der Waals surface area contributed by atoms with E-state index < -0.39 is 6.10 Å². The van der Waals surface area contributed by atoms with Crippen molar-refractivity contribution in [2.24, 2.45) is 0 Å². The first-order chi connectivity index (χ1) is 7.77. The van der Waals surface area contributed by atoms with Crippen molar-refractivity contribution >= 4 is 0 Å². The molecule has 1 aromatic heterocycles. The first-order valence-corrected chi connectivity index (χ1v) is 5.90. The van der Waals surface area contributed by atoms with Crippen LogP contribution < -0.4 is 5.32 Å². The van der Waals surface area contributed by atoms with E-state index in [1.165, 1.54) is 0 Å². The molecule has 16 heavy (non-hydrogen) atoms. The molecule has 4 heteroatoms. The summed E-state index contributed by atoms with van der Waals surface area (Å²) >= 11 is 0. The van der Waals surface area contributed by atoms with Crippen LogP contribution >= 0.6 is 0 Å². The lowest BCUT2D eigenvalue weighted by Crippen LogP contribution is -2.43. The first kappa shape index (κ1) is 11.6. The van der Waals surface area contributed by atoms with E-state index in [9.17, 15) is 10.2 Å². The van der Waals surface area contributed by atoms with Crippen LogP contribution in [0.15, 0.2) is 22.8 Å². The van der Waals surface area contributed by atoms with Crippen molar-refractivity contribution in [2.45, 2.75) is 43.9 Å². The molecule has 2 rings (SSSR count). The van der Waals surface area contributed by atoms with Gasteiger partial charge in [0, 0.05) is 12.6 Å². The quantitative estimate of drug-likeness (QED) is 0.720. The summed E-state index contributed by atoms with van der Waals surface area (Å²) in [6, 6.07) is 3.62. The molecule has 1 saturated carbocycles. The fraction of sp³-hybridized carbons (Fsp3) is 0.667. The molecule has 1 heterocycles. The maximum absolute atomic E-state index is 9.79. The Morgan fingerprint density at radius 1 is 1.44 bits per heavy atom. The normalized spacial score (nSPS) is 27.9. The Kier molecular flexibility index (Phi) is 3.98. The van der Waals surface area contributed by atoms with Gasteiger partial charge in [0.1, 0.15) is 11.9 Å². The number of furan rings is 1. The highest BCUT2D eigenvalue weighted by Gasteiger charge is 2.23. The number of rotatable bonds is 4. The lowest BCUT2D eigenvalue weighted by atomic mass is 9.92. The average Bonchev–Trinajstić information content (AvgIpc) is 2.81. The van der Waals surface area contributed by atoms with Gasteiger partial charge in [-0.2, -0.15) is 0 Å². The zero-order valence-electron chi connectivity index (χ0n) is 9.30. The third kappa shape index (κ3) is 2.84. The van der Waals surface area contributed by atoms with Crippen molar-refractivity contribution in [1.82, 2.24) is 5.32 Å². The van der Waals surface area contributed by atoms with Gasteiger partial charge in [0.15, 0.2) is 0 Å². The molecular formula is C12H19NO3. The van der Waals surface area contributed by atoms with Gasteiger partial charge < -0.3 is 19.9 Å². The van der Waals surface area contributed by atoms with Crippen molar-refractivity contribution in [3.8, 4) is 0 Å². The van der Waals surface area contributed by atoms with Crippen LogP contribution in [0.4, 0.5) is 0 Å². The number of aliphatic hydroxyl groups excluding tert-OH is 2. The lowest BCUT2D eigenvalue weighted by molar-refractivity contribution is 0.0760. The van der Waals surface area contributed by atoms with Gasteiger partial charge in [0.05, 0.1) is 12.4 Å². The molecule has 0 amide bonds. The van der Waals surface area contributed by atoms with Crippen LogP contribution in [0, 0.1) is 0 Å². The summed E-state index contributed by atoms with van der Waals surface area (Å²) in [7, 11) is 0. The molecule has 3 N–H and O–H groups in total. The second-order valence-electron chi connectivity index (χ2n) is 4.40. The number of nitrogens with one attached hydrogen (secondary N) is 1. The highest BCUT2D eigenvalue weighted by molar-refractivity contribution is 5.02. The van der Waals surface area contributed by atoms with Gasteiger partial charge in [-0.25, -0.2) is 0 Å². The maximum Gasteiger partial charge on any atom is 0.133 e. The Bertz CT molecular complexity index is 299. The molecule has 90 valence electrons. The van der Waals surface area contributed by atoms with E-state index in [0.29, 0.717) is 12.3 Å². The van der Waals surface area contributed by atoms with E-state index in [1.807, 2.05) is 0 Å². The van der Waals surface area contributed by atoms with Crippen LogP contribution in [0.5, 0.6) is 0 Å². The van der Waals surface area contributed by atoms with E-state index in [2.05, 4.69) is 5.32 Å². The summed E-state index contributed by atoms with van der Waals surface area (Å²) in [5.74, 6) is 0.567. The van der Waals surface area contributed by atoms with Crippen LogP contribution in [-0.2, 0) is 0 Å². The van der Waals surface area contributed by atoms with Gasteiger partial charge in [0.25, 0.3) is 0 Å². The van der Waals surface area contributed by atoms with Crippen molar-refractivity contribution in [3.63, 3.8) is 0 Å². The summed E-state index contributed by atoms with van der Waals surface area (Å²) in [4.78, 5) is 0. The maximum atomic E-state index is 9.79. The second kappa shape index (κ2) is 5.48. The van der Waals surface area contributed by atoms with Crippen LogP contribution in [0.1, 0.15) is 37.5 Å². The predicted octanol–water partition coefficient (Wildman–Crippen LogP) is 1.21. The highest BCUT2D eigenvalue weighted by atomic mass is 16.4. The van der Waals surface area contributed by atoms with E-state index in [0.717, 1.165) is 25.7 Å². The summed E-state index contributed by atoms with van der Waals surface area (Å²) in [6.07, 6.45) is 4.71. The van der Waals surface area contributed by atoms with Crippen LogP contribution in [0.3, 0.4) is 0 Å². The van der Waals surface area contributed by atoms with E-state index in [1.54, 1.807) is 18.4 Å². The fourth-order valence-corrected chi connectivity index (χ4v) is 2.19. The summed E-state index contributed by atoms with van der Waals surface area (Å²) in [5.41, 5.74) is 0. The molecule has 1 fully saturated rings. The van der Waals surface area contributed by atoms with Crippen LogP contribution in [0.2, 0.25) is 0 Å². The zero-order chi connectivity index (χ0) is 11.4. The van der Waals surface area contributed by atoms with E-state index in [-0.39, 0.29) is 12.1 Å². The Labute approximate surface area is 95.3 Å². The smallest absolute Gasteiger partial charge is 0.133 e. The molecule has 0 aliphatic heterocycles. The van der Waals surface area contributed by atoms with Crippen molar-refractivity contribution in [1.29, 1.82) is 0 Å². The number of hydrogen-bond donors (Lipinski definition) is 3. The third-order valence-electron chi connectivity index (χ3n) is 3.17. The van der Waals surface area contributed by atoms with Crippen LogP contribution in [-0.4, -0.2) is 28.9 Å². The Morgan fingerprint density at radius 3 is 2.94 bits per heavy atom. The van der Waals surface area contributed by atoms with Gasteiger partial charge >= 0.3 is 0 Å². The second-order valence-corrected chi connectivity index (χ2v) is 4.40. The third-order valence-corrected chi connectivity index (χ3v) is 3.17. The summed E-state index contributed by atoms with van der Waals surface area (Å²) in [5, 5.41) is 22.7. The molecule has 0 radical (unpaired) electrons. The zero-order valence-corrected chi connectivity index (χ0v) is 9.30. The fourth-order valence-electron chi connectivity index (χ4n) is 2.19. The molecule has 1 aromatic rings. The Morgan fingerprint density at radius 2 is 2.25 bits per heavy atom. The van der Waals surface area contributed by atoms with Crippen molar-refractivity contribution < 1.29 is 14.6 Å². The van der Waals surface area contributed by atoms with Gasteiger partial charge in [-0.3, -0.25) is 0 Å². The number of aliphatic hydroxyl groups is 2. The SMILES string of the molecule is OC(CNC1CCCCC1O)c1ccco1. The molecule has 0 saturated heterocycles. The number of hydrogen-bond acceptors (Lipinski definition) is 4. The first-order valence-electron chi connectivity index (χ1n) is 5.90. The Balaban J connectivity index is 1.78. The van der Waals surface area contributed by atoms with E-state index >= 15 is 0 Å². The molecule has 0 spiro atoms. The van der Waals surface area contributed by atoms with Gasteiger partial charge in [-0.1, -0.05) is 12.8 Å². The average molecular weight is 225 g/mol. The largest absolute Gasteiger partial charge is 0.467 e. The standard InChI is InChI=1S/C12H19NO3/c14-10-5-2-1-4-9(10)13-8-11(15)12-6-3-7-16-12/h3,6-7,9-11,13-15H,1-2,4-5,8H2. The van der Waals surface area contributed by atoms with Gasteiger partial charge in [-0.15, -0.1) is 0 Å². The molecule has 3 atom stereocenters. The van der Waals surface area contributed by atoms with Crippen molar-refractivity contribution in [3.05, 3.63) is 24.2 Å². The molecule has 1 aliphatic rings. The van der Waals surface area contributed by atoms with Crippen LogP contribution in [0.25, 0.3) is 0 Å².